The highest BCUT2D eigenvalue weighted by Crippen LogP contribution is 2.43. The van der Waals surface area contributed by atoms with E-state index in [1.165, 1.54) is 14.2 Å². The predicted octanol–water partition coefficient (Wildman–Crippen LogP) is 4.50. The standard InChI is InChI=1S/C32H37N5O7/c1-40-27-11-6-10-23(18-27)29-32(31(39)34-21-28(41-2)42-3,19-24-8-4-5-9-25(24)20-35-37-33)36-30(44-29)22-12-14-26(15-13-22)43-17-7-16-38/h4-6,8-15,18,28-29,38H,7,16-17,19-21H2,1-3H3,(H,34,39)/t29-,32-/m1/s1. The van der Waals surface area contributed by atoms with Crippen molar-refractivity contribution in [1.82, 2.24) is 5.32 Å². The molecule has 232 valence electrons. The Bertz CT molecular complexity index is 1470. The van der Waals surface area contributed by atoms with Crippen LogP contribution in [0.2, 0.25) is 0 Å². The lowest BCUT2D eigenvalue weighted by Gasteiger charge is -2.32. The topological polar surface area (TPSA) is 157 Å². The highest BCUT2D eigenvalue weighted by molar-refractivity contribution is 6.01. The number of benzene rings is 3. The largest absolute Gasteiger partial charge is 0.497 e. The molecule has 44 heavy (non-hydrogen) atoms. The summed E-state index contributed by atoms with van der Waals surface area (Å²) in [5.74, 6) is 1.10. The van der Waals surface area contributed by atoms with Crippen molar-refractivity contribution in [2.24, 2.45) is 10.1 Å². The summed E-state index contributed by atoms with van der Waals surface area (Å²) in [6.07, 6.45) is -0.878. The van der Waals surface area contributed by atoms with Gasteiger partial charge in [-0.25, -0.2) is 4.99 Å². The molecule has 12 nitrogen and oxygen atoms in total. The number of azide groups is 1. The van der Waals surface area contributed by atoms with Crippen LogP contribution in [0.3, 0.4) is 0 Å². The van der Waals surface area contributed by atoms with Crippen molar-refractivity contribution in [2.75, 3.05) is 41.1 Å². The molecule has 2 atom stereocenters. The molecule has 0 radical (unpaired) electrons. The number of amides is 1. The zero-order valence-corrected chi connectivity index (χ0v) is 25.0. The molecule has 0 aliphatic carbocycles. The van der Waals surface area contributed by atoms with E-state index in [1.54, 1.807) is 19.2 Å². The number of hydrogen-bond acceptors (Lipinski definition) is 9. The second-order valence-corrected chi connectivity index (χ2v) is 10.0. The van der Waals surface area contributed by atoms with Gasteiger partial charge in [0.1, 0.15) is 11.5 Å². The van der Waals surface area contributed by atoms with Crippen LogP contribution in [0.25, 0.3) is 10.4 Å². The Kier molecular flexibility index (Phi) is 11.6. The van der Waals surface area contributed by atoms with E-state index in [4.69, 9.17) is 39.3 Å². The number of rotatable bonds is 16. The van der Waals surface area contributed by atoms with Crippen LogP contribution >= 0.6 is 0 Å². The van der Waals surface area contributed by atoms with Gasteiger partial charge in [0.05, 0.1) is 26.8 Å². The minimum Gasteiger partial charge on any atom is -0.497 e. The Morgan fingerprint density at radius 2 is 1.82 bits per heavy atom. The summed E-state index contributed by atoms with van der Waals surface area (Å²) >= 11 is 0. The van der Waals surface area contributed by atoms with Gasteiger partial charge in [0.2, 0.25) is 5.90 Å². The van der Waals surface area contributed by atoms with Gasteiger partial charge in [-0.05, 0) is 58.6 Å². The van der Waals surface area contributed by atoms with Gasteiger partial charge in [-0.1, -0.05) is 41.5 Å². The van der Waals surface area contributed by atoms with E-state index in [9.17, 15) is 4.79 Å². The van der Waals surface area contributed by atoms with Gasteiger partial charge in [-0.3, -0.25) is 4.79 Å². The van der Waals surface area contributed by atoms with Crippen LogP contribution in [0.4, 0.5) is 0 Å². The summed E-state index contributed by atoms with van der Waals surface area (Å²) in [5.41, 5.74) is 10.4. The van der Waals surface area contributed by atoms with E-state index in [-0.39, 0.29) is 32.0 Å². The molecule has 0 saturated heterocycles. The van der Waals surface area contributed by atoms with Gasteiger partial charge >= 0.3 is 0 Å². The zero-order chi connectivity index (χ0) is 31.4. The van der Waals surface area contributed by atoms with Crippen molar-refractivity contribution in [2.45, 2.75) is 37.3 Å². The summed E-state index contributed by atoms with van der Waals surface area (Å²) in [7, 11) is 4.56. The van der Waals surface area contributed by atoms with Gasteiger partial charge in [0, 0.05) is 44.1 Å². The zero-order valence-electron chi connectivity index (χ0n) is 25.0. The number of methoxy groups -OCH3 is 3. The van der Waals surface area contributed by atoms with Crippen molar-refractivity contribution < 1.29 is 33.6 Å². The maximum absolute atomic E-state index is 14.4. The minimum atomic E-state index is -1.49. The lowest BCUT2D eigenvalue weighted by Crippen LogP contribution is -2.51. The number of carbonyl (C=O) groups excluding carboxylic acids is 1. The van der Waals surface area contributed by atoms with Gasteiger partial charge in [0.25, 0.3) is 5.91 Å². The number of carbonyl (C=O) groups is 1. The first kappa shape index (κ1) is 32.3. The summed E-state index contributed by atoms with van der Waals surface area (Å²) < 4.78 is 28.4. The Labute approximate surface area is 256 Å². The molecular weight excluding hydrogens is 566 g/mol. The van der Waals surface area contributed by atoms with Crippen LogP contribution < -0.4 is 14.8 Å². The lowest BCUT2D eigenvalue weighted by atomic mass is 9.80. The molecule has 0 unspecified atom stereocenters. The third kappa shape index (κ3) is 7.66. The number of aliphatic imine (C=N–C) groups is 1. The number of nitrogens with one attached hydrogen (secondary N) is 1. The lowest BCUT2D eigenvalue weighted by molar-refractivity contribution is -0.134. The molecule has 3 aromatic carbocycles. The third-order valence-electron chi connectivity index (χ3n) is 7.26. The average molecular weight is 604 g/mol. The maximum Gasteiger partial charge on any atom is 0.252 e. The molecule has 0 fully saturated rings. The molecule has 1 amide bonds. The molecule has 1 heterocycles. The fraction of sp³-hybridized carbons (Fsp3) is 0.375. The smallest absolute Gasteiger partial charge is 0.252 e. The maximum atomic E-state index is 14.4. The van der Waals surface area contributed by atoms with Gasteiger partial charge in [-0.2, -0.15) is 0 Å². The molecule has 0 spiro atoms. The average Bonchev–Trinajstić information content (AvgIpc) is 3.45. The summed E-state index contributed by atoms with van der Waals surface area (Å²) in [6, 6.07) is 22.0. The number of nitrogens with zero attached hydrogens (tertiary/aromatic N) is 4. The van der Waals surface area contributed by atoms with Crippen LogP contribution in [0.5, 0.6) is 11.5 Å². The van der Waals surface area contributed by atoms with Crippen molar-refractivity contribution in [3.8, 4) is 11.5 Å². The third-order valence-corrected chi connectivity index (χ3v) is 7.26. The summed E-state index contributed by atoms with van der Waals surface area (Å²) in [5, 5.41) is 15.8. The molecule has 12 heteroatoms. The van der Waals surface area contributed by atoms with Crippen molar-refractivity contribution in [3.05, 3.63) is 105 Å². The molecule has 2 N–H and O–H groups in total. The van der Waals surface area contributed by atoms with Crippen LogP contribution in [-0.2, 0) is 32.0 Å². The van der Waals surface area contributed by atoms with Crippen molar-refractivity contribution in [3.63, 3.8) is 0 Å². The Morgan fingerprint density at radius 3 is 2.50 bits per heavy atom. The number of aliphatic hydroxyl groups is 1. The first-order chi connectivity index (χ1) is 21.5. The normalized spacial score (nSPS) is 17.4. The second kappa shape index (κ2) is 15.7. The van der Waals surface area contributed by atoms with Gasteiger partial charge in [0.15, 0.2) is 17.9 Å². The van der Waals surface area contributed by atoms with E-state index in [1.807, 2.05) is 60.7 Å². The molecular formula is C32H37N5O7. The van der Waals surface area contributed by atoms with Crippen LogP contribution in [0.15, 0.2) is 82.9 Å². The molecule has 4 rings (SSSR count). The van der Waals surface area contributed by atoms with Crippen LogP contribution in [-0.4, -0.2) is 69.8 Å². The monoisotopic (exact) mass is 603 g/mol. The quantitative estimate of drug-likeness (QED) is 0.0802. The molecule has 1 aliphatic rings. The highest BCUT2D eigenvalue weighted by Gasteiger charge is 2.53. The van der Waals surface area contributed by atoms with Gasteiger partial charge in [-0.15, -0.1) is 0 Å². The van der Waals surface area contributed by atoms with Crippen molar-refractivity contribution >= 4 is 11.8 Å². The number of ether oxygens (including phenoxy) is 5. The summed E-state index contributed by atoms with van der Waals surface area (Å²) in [6.45, 7) is 0.607. The highest BCUT2D eigenvalue weighted by atomic mass is 16.7. The Morgan fingerprint density at radius 1 is 1.07 bits per heavy atom. The van der Waals surface area contributed by atoms with Crippen LogP contribution in [0.1, 0.15) is 34.8 Å². The van der Waals surface area contributed by atoms with E-state index < -0.39 is 23.8 Å². The fourth-order valence-electron chi connectivity index (χ4n) is 4.96. The van der Waals surface area contributed by atoms with Crippen molar-refractivity contribution in [1.29, 1.82) is 0 Å². The van der Waals surface area contributed by atoms with E-state index in [2.05, 4.69) is 15.3 Å². The molecule has 0 bridgehead atoms. The summed E-state index contributed by atoms with van der Waals surface area (Å²) in [4.78, 5) is 22.3. The minimum absolute atomic E-state index is 0.0417. The van der Waals surface area contributed by atoms with E-state index in [0.29, 0.717) is 35.7 Å². The first-order valence-electron chi connectivity index (χ1n) is 14.1. The van der Waals surface area contributed by atoms with Crippen LogP contribution in [0, 0.1) is 0 Å². The number of hydrogen-bond donors (Lipinski definition) is 2. The second-order valence-electron chi connectivity index (χ2n) is 10.0. The Balaban J connectivity index is 1.83. The Hall–Kier alpha value is -4.61. The molecule has 1 aliphatic heterocycles. The fourth-order valence-corrected chi connectivity index (χ4v) is 4.96. The number of aliphatic hydroxyl groups excluding tert-OH is 1. The molecule has 0 saturated carbocycles. The van der Waals surface area contributed by atoms with Gasteiger partial charge < -0.3 is 34.1 Å². The SMILES string of the molecule is COc1cccc([C@H]2OC(c3ccc(OCCCO)cc3)=N[C@@]2(Cc2ccccc2CN=[N+]=[N-])C(=O)NCC(OC)OC)c1. The molecule has 3 aromatic rings. The van der Waals surface area contributed by atoms with E-state index >= 15 is 0 Å². The predicted molar refractivity (Wildman–Crippen MR) is 164 cm³/mol. The van der Waals surface area contributed by atoms with E-state index in [0.717, 1.165) is 11.1 Å². The molecule has 0 aromatic heterocycles. The first-order valence-corrected chi connectivity index (χ1v) is 14.1.